The molecule has 2 aromatic carbocycles. The second-order valence-electron chi connectivity index (χ2n) is 6.75. The Morgan fingerprint density at radius 3 is 1.93 bits per heavy atom. The number of rotatable bonds is 5. The summed E-state index contributed by atoms with van der Waals surface area (Å²) >= 11 is 0. The number of ether oxygens (including phenoxy) is 4. The van der Waals surface area contributed by atoms with Gasteiger partial charge < -0.3 is 29.6 Å². The monoisotopic (exact) mass is 398 g/mol. The smallest absolute Gasteiger partial charge is 0.309 e. The summed E-state index contributed by atoms with van der Waals surface area (Å²) in [4.78, 5) is 24.0. The Labute approximate surface area is 168 Å². The van der Waals surface area contributed by atoms with Crippen molar-refractivity contribution < 1.29 is 28.5 Å². The highest BCUT2D eigenvalue weighted by Crippen LogP contribution is 2.32. The molecule has 0 bridgehead atoms. The van der Waals surface area contributed by atoms with Gasteiger partial charge in [-0.25, -0.2) is 0 Å². The van der Waals surface area contributed by atoms with E-state index in [1.807, 2.05) is 42.5 Å². The summed E-state index contributed by atoms with van der Waals surface area (Å²) in [6.07, 6.45) is -0.000368. The molecule has 29 heavy (non-hydrogen) atoms. The predicted octanol–water partition coefficient (Wildman–Crippen LogP) is 1.29. The summed E-state index contributed by atoms with van der Waals surface area (Å²) in [6.45, 7) is 1.19. The van der Waals surface area contributed by atoms with Gasteiger partial charge in [-0.3, -0.25) is 9.59 Å². The molecule has 0 radical (unpaired) electrons. The number of nitrogens with one attached hydrogen (secondary N) is 2. The van der Waals surface area contributed by atoms with E-state index in [2.05, 4.69) is 10.6 Å². The van der Waals surface area contributed by atoms with Crippen molar-refractivity contribution in [2.75, 3.05) is 26.3 Å². The lowest BCUT2D eigenvalue weighted by Gasteiger charge is -2.26. The largest absolute Gasteiger partial charge is 0.486 e. The molecule has 152 valence electrons. The lowest BCUT2D eigenvalue weighted by molar-refractivity contribution is -0.139. The molecule has 0 unspecified atom stereocenters. The normalized spacial score (nSPS) is 19.2. The third kappa shape index (κ3) is 4.71. The van der Waals surface area contributed by atoms with Crippen LogP contribution in [0.2, 0.25) is 0 Å². The molecule has 0 aromatic heterocycles. The van der Waals surface area contributed by atoms with E-state index in [0.717, 1.165) is 0 Å². The van der Waals surface area contributed by atoms with Crippen LogP contribution < -0.4 is 29.6 Å². The van der Waals surface area contributed by atoms with Crippen LogP contribution in [0, 0.1) is 0 Å². The minimum Gasteiger partial charge on any atom is -0.486 e. The van der Waals surface area contributed by atoms with Crippen LogP contribution in [0.1, 0.15) is 6.42 Å². The van der Waals surface area contributed by atoms with Gasteiger partial charge in [-0.2, -0.15) is 0 Å². The van der Waals surface area contributed by atoms with Crippen LogP contribution in [-0.2, 0) is 9.59 Å². The van der Waals surface area contributed by atoms with Crippen LogP contribution in [0.3, 0.4) is 0 Å². The molecule has 0 fully saturated rings. The van der Waals surface area contributed by atoms with Crippen molar-refractivity contribution in [2.24, 2.45) is 0 Å². The number of para-hydroxylation sites is 4. The first-order chi connectivity index (χ1) is 14.2. The van der Waals surface area contributed by atoms with Gasteiger partial charge in [0.2, 0.25) is 0 Å². The van der Waals surface area contributed by atoms with Crippen LogP contribution in [0.15, 0.2) is 48.5 Å². The number of carbonyl (C=O) groups is 2. The highest BCUT2D eigenvalue weighted by Gasteiger charge is 2.24. The van der Waals surface area contributed by atoms with Crippen LogP contribution >= 0.6 is 0 Å². The molecule has 0 saturated heterocycles. The minimum absolute atomic E-state index is 0.178. The second kappa shape index (κ2) is 8.72. The highest BCUT2D eigenvalue weighted by atomic mass is 16.6. The fourth-order valence-electron chi connectivity index (χ4n) is 3.08. The maximum atomic E-state index is 12.0. The topological polar surface area (TPSA) is 95.1 Å². The number of fused-ring (bicyclic) bond motifs is 2. The van der Waals surface area contributed by atoms with Gasteiger partial charge in [-0.05, 0) is 24.3 Å². The van der Waals surface area contributed by atoms with Gasteiger partial charge in [0.15, 0.2) is 23.0 Å². The van der Waals surface area contributed by atoms with Crippen molar-refractivity contribution in [3.8, 4) is 23.0 Å². The molecule has 0 spiro atoms. The van der Waals surface area contributed by atoms with Gasteiger partial charge in [-0.1, -0.05) is 24.3 Å². The zero-order valence-electron chi connectivity index (χ0n) is 15.8. The fraction of sp³-hybridized carbons (Fsp3) is 0.333. The van der Waals surface area contributed by atoms with Crippen LogP contribution in [0.25, 0.3) is 0 Å². The van der Waals surface area contributed by atoms with E-state index in [9.17, 15) is 9.59 Å². The molecular weight excluding hydrogens is 376 g/mol. The third-order valence-electron chi connectivity index (χ3n) is 4.58. The third-order valence-corrected chi connectivity index (χ3v) is 4.58. The quantitative estimate of drug-likeness (QED) is 0.737. The number of carbonyl (C=O) groups excluding carboxylic acids is 2. The van der Waals surface area contributed by atoms with Crippen molar-refractivity contribution >= 4 is 11.8 Å². The predicted molar refractivity (Wildman–Crippen MR) is 103 cm³/mol. The Balaban J connectivity index is 1.16. The van der Waals surface area contributed by atoms with E-state index in [0.29, 0.717) is 49.2 Å². The van der Waals surface area contributed by atoms with E-state index < -0.39 is 11.8 Å². The first-order valence-electron chi connectivity index (χ1n) is 9.52. The van der Waals surface area contributed by atoms with Crippen LogP contribution in [0.5, 0.6) is 23.0 Å². The Morgan fingerprint density at radius 2 is 1.28 bits per heavy atom. The van der Waals surface area contributed by atoms with Crippen LogP contribution in [-0.4, -0.2) is 50.3 Å². The summed E-state index contributed by atoms with van der Waals surface area (Å²) in [6, 6.07) is 14.7. The number of amides is 2. The lowest BCUT2D eigenvalue weighted by atomic mass is 10.2. The zero-order chi connectivity index (χ0) is 20.1. The molecule has 2 aromatic rings. The average Bonchev–Trinajstić information content (AvgIpc) is 2.77. The first kappa shape index (κ1) is 18.9. The van der Waals surface area contributed by atoms with E-state index in [1.54, 1.807) is 6.07 Å². The molecule has 2 N–H and O–H groups in total. The standard InChI is InChI=1S/C21H22N2O6/c24-20(22-10-9-14-12-26-16-5-1-3-7-18(16)28-14)21(25)23-11-15-13-27-17-6-2-4-8-19(17)29-15/h1-8,14-15H,9-13H2,(H,22,24)(H,23,25)/t14-,15-/m1/s1. The van der Waals surface area contributed by atoms with Gasteiger partial charge in [0.1, 0.15) is 25.4 Å². The zero-order valence-corrected chi connectivity index (χ0v) is 15.8. The molecule has 8 nitrogen and oxygen atoms in total. The average molecular weight is 398 g/mol. The van der Waals surface area contributed by atoms with Gasteiger partial charge in [0, 0.05) is 13.0 Å². The second-order valence-corrected chi connectivity index (χ2v) is 6.75. The van der Waals surface area contributed by atoms with Gasteiger partial charge in [0.05, 0.1) is 6.54 Å². The lowest BCUT2D eigenvalue weighted by Crippen LogP contribution is -2.46. The van der Waals surface area contributed by atoms with Crippen LogP contribution in [0.4, 0.5) is 0 Å². The molecule has 0 aliphatic carbocycles. The van der Waals surface area contributed by atoms with Crippen molar-refractivity contribution in [3.63, 3.8) is 0 Å². The summed E-state index contributed by atoms with van der Waals surface area (Å²) in [7, 11) is 0. The summed E-state index contributed by atoms with van der Waals surface area (Å²) in [5.41, 5.74) is 0. The van der Waals surface area contributed by atoms with Crippen molar-refractivity contribution in [3.05, 3.63) is 48.5 Å². The molecule has 8 heteroatoms. The summed E-state index contributed by atoms with van der Waals surface area (Å²) < 4.78 is 22.8. The van der Waals surface area contributed by atoms with Crippen molar-refractivity contribution in [1.29, 1.82) is 0 Å². The molecule has 2 atom stereocenters. The van der Waals surface area contributed by atoms with Crippen molar-refractivity contribution in [2.45, 2.75) is 18.6 Å². The molecule has 2 amide bonds. The number of hydrogen-bond acceptors (Lipinski definition) is 6. The molecule has 2 aliphatic heterocycles. The number of benzene rings is 2. The molecule has 2 heterocycles. The Hall–Kier alpha value is -3.42. The maximum Gasteiger partial charge on any atom is 0.309 e. The van der Waals surface area contributed by atoms with E-state index in [1.165, 1.54) is 0 Å². The molecule has 2 aliphatic rings. The summed E-state index contributed by atoms with van der Waals surface area (Å²) in [5, 5.41) is 5.17. The van der Waals surface area contributed by atoms with E-state index in [-0.39, 0.29) is 18.8 Å². The highest BCUT2D eigenvalue weighted by molar-refractivity contribution is 6.35. The van der Waals surface area contributed by atoms with Gasteiger partial charge in [0.25, 0.3) is 0 Å². The van der Waals surface area contributed by atoms with Crippen molar-refractivity contribution in [1.82, 2.24) is 10.6 Å². The van der Waals surface area contributed by atoms with E-state index >= 15 is 0 Å². The summed E-state index contributed by atoms with van der Waals surface area (Å²) in [5.74, 6) is 1.29. The minimum atomic E-state index is -0.710. The number of hydrogen-bond donors (Lipinski definition) is 2. The Morgan fingerprint density at radius 1 is 0.759 bits per heavy atom. The maximum absolute atomic E-state index is 12.0. The van der Waals surface area contributed by atoms with Gasteiger partial charge in [-0.15, -0.1) is 0 Å². The fourth-order valence-corrected chi connectivity index (χ4v) is 3.08. The van der Waals surface area contributed by atoms with Gasteiger partial charge >= 0.3 is 11.8 Å². The molecule has 0 saturated carbocycles. The first-order valence-corrected chi connectivity index (χ1v) is 9.52. The molecular formula is C21H22N2O6. The Bertz CT molecular complexity index is 887. The SMILES string of the molecule is O=C(NCC[C@@H]1COc2ccccc2O1)C(=O)NC[C@@H]1COc2ccccc2O1. The molecule has 4 rings (SSSR count). The Kier molecular flexibility index (Phi) is 5.69. The van der Waals surface area contributed by atoms with E-state index in [4.69, 9.17) is 18.9 Å².